The van der Waals surface area contributed by atoms with E-state index in [2.05, 4.69) is 61.0 Å². The molecule has 6 heterocycles. The Hall–Kier alpha value is -5.74. The fourth-order valence-corrected chi connectivity index (χ4v) is 10.7. The molecule has 0 bridgehead atoms. The number of nitrogens with one attached hydrogen (secondary N) is 1. The van der Waals surface area contributed by atoms with Gasteiger partial charge in [0.1, 0.15) is 6.04 Å². The van der Waals surface area contributed by atoms with Gasteiger partial charge in [-0.3, -0.25) is 39.1 Å². The van der Waals surface area contributed by atoms with E-state index in [1.165, 1.54) is 17.8 Å². The van der Waals surface area contributed by atoms with Crippen LogP contribution >= 0.6 is 0 Å². The summed E-state index contributed by atoms with van der Waals surface area (Å²) >= 11 is 0. The number of hydrogen-bond acceptors (Lipinski definition) is 9. The van der Waals surface area contributed by atoms with Gasteiger partial charge < -0.3 is 19.6 Å². The van der Waals surface area contributed by atoms with Crippen molar-refractivity contribution in [1.82, 2.24) is 20.0 Å². The Morgan fingerprint density at radius 3 is 2.05 bits per heavy atom. The number of hydrogen-bond donors (Lipinski definition) is 1. The van der Waals surface area contributed by atoms with E-state index in [0.717, 1.165) is 98.9 Å². The van der Waals surface area contributed by atoms with E-state index in [0.29, 0.717) is 36.3 Å². The molecule has 0 aliphatic carbocycles. The van der Waals surface area contributed by atoms with E-state index >= 15 is 0 Å². The minimum atomic E-state index is -0.976. The van der Waals surface area contributed by atoms with Gasteiger partial charge in [0.2, 0.25) is 11.8 Å². The number of carbonyl (C=O) groups is 5. The number of benzene rings is 3. The van der Waals surface area contributed by atoms with Crippen LogP contribution in [-0.2, 0) is 9.59 Å². The summed E-state index contributed by atoms with van der Waals surface area (Å²) in [6.45, 7) is 19.5. The zero-order valence-corrected chi connectivity index (χ0v) is 34.0. The number of fused-ring (bicyclic) bond motifs is 1. The minimum Gasteiger partial charge on any atom is -0.371 e. The molecule has 0 saturated carbocycles. The maximum absolute atomic E-state index is 13.6. The van der Waals surface area contributed by atoms with Gasteiger partial charge in [-0.05, 0) is 118 Å². The van der Waals surface area contributed by atoms with Gasteiger partial charge in [0, 0.05) is 100 Å². The summed E-state index contributed by atoms with van der Waals surface area (Å²) in [5, 5.41) is 2.25. The van der Waals surface area contributed by atoms with Crippen LogP contribution < -0.4 is 20.0 Å². The molecule has 5 saturated heterocycles. The van der Waals surface area contributed by atoms with Crippen LogP contribution in [0.1, 0.15) is 88.5 Å². The Morgan fingerprint density at radius 1 is 0.729 bits per heavy atom. The molecule has 1 N–H and O–H groups in total. The lowest BCUT2D eigenvalue weighted by atomic mass is 9.73. The third-order valence-corrected chi connectivity index (χ3v) is 14.4. The van der Waals surface area contributed by atoms with Crippen molar-refractivity contribution in [2.75, 3.05) is 73.6 Å². The van der Waals surface area contributed by atoms with Gasteiger partial charge in [-0.2, -0.15) is 0 Å². The second-order valence-electron chi connectivity index (χ2n) is 17.3. The number of rotatable bonds is 6. The van der Waals surface area contributed by atoms with Crippen LogP contribution in [-0.4, -0.2) is 121 Å². The van der Waals surface area contributed by atoms with Crippen LogP contribution in [0.4, 0.5) is 22.7 Å². The second kappa shape index (κ2) is 15.5. The first kappa shape index (κ1) is 38.8. The first-order valence-corrected chi connectivity index (χ1v) is 21.3. The lowest BCUT2D eigenvalue weighted by molar-refractivity contribution is -0.136. The van der Waals surface area contributed by atoms with Gasteiger partial charge >= 0.3 is 0 Å². The van der Waals surface area contributed by atoms with Crippen molar-refractivity contribution in [3.05, 3.63) is 94.3 Å². The molecule has 0 aromatic heterocycles. The summed E-state index contributed by atoms with van der Waals surface area (Å²) in [6.07, 6.45) is 5.59. The molecule has 306 valence electrons. The SMILES string of the molecule is [C-]#[N+]c1ccc(N2CCC3(CCN(c4ccc(C(=O)N5CCN(C6CCN(c7ccc8c(c7)C(=O)N(C7CCC(=O)NC7=O)C8=O)CC6)CC5)cc4)CC3)C2C)cc1C. The van der Waals surface area contributed by atoms with E-state index in [-0.39, 0.29) is 24.2 Å². The zero-order chi connectivity index (χ0) is 41.0. The first-order chi connectivity index (χ1) is 28.5. The van der Waals surface area contributed by atoms with Gasteiger partial charge in [-0.25, -0.2) is 4.85 Å². The van der Waals surface area contributed by atoms with Crippen LogP contribution in [0.25, 0.3) is 4.85 Å². The van der Waals surface area contributed by atoms with E-state index < -0.39 is 29.7 Å². The molecular formula is C46H52N8O5. The van der Waals surface area contributed by atoms with Gasteiger partial charge in [-0.15, -0.1) is 0 Å². The van der Waals surface area contributed by atoms with Crippen LogP contribution in [0, 0.1) is 18.9 Å². The predicted octanol–water partition coefficient (Wildman–Crippen LogP) is 5.26. The van der Waals surface area contributed by atoms with Crippen molar-refractivity contribution >= 4 is 52.3 Å². The molecule has 2 unspecified atom stereocenters. The number of piperazine rings is 1. The Kier molecular flexibility index (Phi) is 10.2. The maximum atomic E-state index is 13.6. The largest absolute Gasteiger partial charge is 0.371 e. The molecule has 13 heteroatoms. The Labute approximate surface area is 345 Å². The average molecular weight is 797 g/mol. The Bertz CT molecular complexity index is 2230. The number of piperidine rings is 3. The summed E-state index contributed by atoms with van der Waals surface area (Å²) in [4.78, 5) is 80.6. The standard InChI is InChI=1S/C46H52N8O5/c1-30-28-36(9-11-39(30)47-3)53-23-18-46(31(53)2)16-21-50(22-17-46)33-6-4-32(5-7-33)43(57)52-26-24-51(25-27-52)34-14-19-49(20-15-34)35-8-10-37-38(29-35)45(59)54(44(37)58)40-12-13-41(55)48-42(40)56/h4-11,28-29,31,34,40H,12-27H2,1-2H3,(H,48,55,56). The lowest BCUT2D eigenvalue weighted by Crippen LogP contribution is -2.54. The highest BCUT2D eigenvalue weighted by Gasteiger charge is 2.47. The number of anilines is 3. The summed E-state index contributed by atoms with van der Waals surface area (Å²) in [7, 11) is 0. The normalized spacial score (nSPS) is 23.8. The molecule has 13 nitrogen and oxygen atoms in total. The van der Waals surface area contributed by atoms with Crippen molar-refractivity contribution in [2.24, 2.45) is 5.41 Å². The van der Waals surface area contributed by atoms with Crippen molar-refractivity contribution in [2.45, 2.75) is 76.9 Å². The molecule has 6 aliphatic heterocycles. The Balaban J connectivity index is 0.737. The molecule has 1 spiro atoms. The zero-order valence-electron chi connectivity index (χ0n) is 34.0. The molecular weight excluding hydrogens is 745 g/mol. The van der Waals surface area contributed by atoms with Crippen LogP contribution in [0.3, 0.4) is 0 Å². The van der Waals surface area contributed by atoms with E-state index in [9.17, 15) is 24.0 Å². The van der Waals surface area contributed by atoms with E-state index in [4.69, 9.17) is 6.57 Å². The van der Waals surface area contributed by atoms with Gasteiger partial charge in [0.25, 0.3) is 17.7 Å². The molecule has 6 aliphatic rings. The van der Waals surface area contributed by atoms with Gasteiger partial charge in [0.05, 0.1) is 17.7 Å². The predicted molar refractivity (Wildman–Crippen MR) is 225 cm³/mol. The second-order valence-corrected chi connectivity index (χ2v) is 17.3. The average Bonchev–Trinajstić information content (AvgIpc) is 3.71. The van der Waals surface area contributed by atoms with Crippen molar-refractivity contribution in [3.8, 4) is 0 Å². The van der Waals surface area contributed by atoms with Gasteiger partial charge in [0.15, 0.2) is 5.69 Å². The molecule has 3 aromatic carbocycles. The van der Waals surface area contributed by atoms with Crippen LogP contribution in [0.5, 0.6) is 0 Å². The number of aryl methyl sites for hydroxylation is 1. The number of nitrogens with zero attached hydrogens (tertiary/aromatic N) is 7. The molecule has 3 aromatic rings. The minimum absolute atomic E-state index is 0.0870. The Morgan fingerprint density at radius 2 is 1.37 bits per heavy atom. The summed E-state index contributed by atoms with van der Waals surface area (Å²) in [6, 6.07) is 19.7. The van der Waals surface area contributed by atoms with Crippen molar-refractivity contribution in [3.63, 3.8) is 0 Å². The number of amides is 5. The van der Waals surface area contributed by atoms with E-state index in [1.807, 2.05) is 36.1 Å². The highest BCUT2D eigenvalue weighted by atomic mass is 16.2. The fraction of sp³-hybridized carbons (Fsp3) is 0.478. The van der Waals surface area contributed by atoms with E-state index in [1.54, 1.807) is 12.1 Å². The molecule has 5 amide bonds. The highest BCUT2D eigenvalue weighted by molar-refractivity contribution is 6.23. The topological polar surface area (TPSA) is 121 Å². The number of carbonyl (C=O) groups excluding carboxylic acids is 5. The molecule has 5 fully saturated rings. The fourth-order valence-electron chi connectivity index (χ4n) is 10.7. The highest BCUT2D eigenvalue weighted by Crippen LogP contribution is 2.48. The van der Waals surface area contributed by atoms with Crippen LogP contribution in [0.15, 0.2) is 60.7 Å². The summed E-state index contributed by atoms with van der Waals surface area (Å²) in [5.74, 6) is -1.89. The van der Waals surface area contributed by atoms with Crippen molar-refractivity contribution in [1.29, 1.82) is 0 Å². The monoisotopic (exact) mass is 796 g/mol. The van der Waals surface area contributed by atoms with Crippen LogP contribution in [0.2, 0.25) is 0 Å². The summed E-state index contributed by atoms with van der Waals surface area (Å²) in [5.41, 5.74) is 6.66. The molecule has 2 atom stereocenters. The van der Waals surface area contributed by atoms with Crippen molar-refractivity contribution < 1.29 is 24.0 Å². The maximum Gasteiger partial charge on any atom is 0.262 e. The summed E-state index contributed by atoms with van der Waals surface area (Å²) < 4.78 is 0. The lowest BCUT2D eigenvalue weighted by Gasteiger charge is -2.44. The first-order valence-electron chi connectivity index (χ1n) is 21.3. The third kappa shape index (κ3) is 7.01. The molecule has 9 rings (SSSR count). The third-order valence-electron chi connectivity index (χ3n) is 14.4. The molecule has 0 radical (unpaired) electrons. The quantitative estimate of drug-likeness (QED) is 0.263. The van der Waals surface area contributed by atoms with Gasteiger partial charge in [-0.1, -0.05) is 6.07 Å². The smallest absolute Gasteiger partial charge is 0.262 e. The molecule has 59 heavy (non-hydrogen) atoms. The number of imide groups is 2.